The summed E-state index contributed by atoms with van der Waals surface area (Å²) in [6, 6.07) is 0.00326. The van der Waals surface area contributed by atoms with E-state index in [1.807, 2.05) is 12.2 Å². The fourth-order valence-corrected chi connectivity index (χ4v) is 2.69. The predicted octanol–water partition coefficient (Wildman–Crippen LogP) is 0.701. The van der Waals surface area contributed by atoms with Gasteiger partial charge in [0.25, 0.3) is 0 Å². The first-order chi connectivity index (χ1) is 8.09. The van der Waals surface area contributed by atoms with E-state index in [9.17, 15) is 9.90 Å². The Labute approximate surface area is 102 Å². The highest BCUT2D eigenvalue weighted by Gasteiger charge is 2.31. The summed E-state index contributed by atoms with van der Waals surface area (Å²) in [5.41, 5.74) is 5.03. The summed E-state index contributed by atoms with van der Waals surface area (Å²) in [5, 5.41) is 13.1. The summed E-state index contributed by atoms with van der Waals surface area (Å²) in [5.74, 6) is -0.120. The molecule has 0 aromatic carbocycles. The Hall–Kier alpha value is -0.870. The molecule has 2 unspecified atom stereocenters. The van der Waals surface area contributed by atoms with Crippen LogP contribution in [-0.4, -0.2) is 29.2 Å². The molecule has 0 aromatic rings. The molecule has 4 heteroatoms. The van der Waals surface area contributed by atoms with Crippen molar-refractivity contribution in [2.75, 3.05) is 6.54 Å². The number of carbonyl (C=O) groups excluding carboxylic acids is 1. The third-order valence-electron chi connectivity index (χ3n) is 3.83. The van der Waals surface area contributed by atoms with Crippen molar-refractivity contribution in [3.63, 3.8) is 0 Å². The van der Waals surface area contributed by atoms with E-state index in [0.29, 0.717) is 13.0 Å². The fourth-order valence-electron chi connectivity index (χ4n) is 2.69. The van der Waals surface area contributed by atoms with E-state index in [2.05, 4.69) is 5.32 Å². The highest BCUT2D eigenvalue weighted by molar-refractivity contribution is 5.81. The van der Waals surface area contributed by atoms with Gasteiger partial charge in [0, 0.05) is 12.6 Å². The first-order valence-corrected chi connectivity index (χ1v) is 6.53. The second-order valence-corrected chi connectivity index (χ2v) is 5.39. The molecule has 96 valence electrons. The number of amides is 1. The molecular formula is C13H22N2O2. The number of nitrogens with two attached hydrogens (primary N) is 1. The largest absolute Gasteiger partial charge is 0.388 e. The third kappa shape index (κ3) is 3.30. The number of hydrogen-bond acceptors (Lipinski definition) is 3. The zero-order valence-electron chi connectivity index (χ0n) is 10.2. The van der Waals surface area contributed by atoms with Crippen LogP contribution >= 0.6 is 0 Å². The SMILES string of the molecule is NC1C=CC(C(=O)NCC2(O)CCCCC2)C1. The van der Waals surface area contributed by atoms with Crippen LogP contribution in [0.2, 0.25) is 0 Å². The van der Waals surface area contributed by atoms with E-state index in [4.69, 9.17) is 5.73 Å². The molecule has 0 heterocycles. The van der Waals surface area contributed by atoms with E-state index in [1.165, 1.54) is 6.42 Å². The van der Waals surface area contributed by atoms with Crippen LogP contribution in [0.5, 0.6) is 0 Å². The lowest BCUT2D eigenvalue weighted by atomic mass is 9.85. The molecule has 2 atom stereocenters. The number of rotatable bonds is 3. The molecule has 1 saturated carbocycles. The molecule has 1 amide bonds. The van der Waals surface area contributed by atoms with Gasteiger partial charge in [-0.15, -0.1) is 0 Å². The maximum absolute atomic E-state index is 11.8. The summed E-state index contributed by atoms with van der Waals surface area (Å²) in [6.07, 6.45) is 9.33. The van der Waals surface area contributed by atoms with Gasteiger partial charge in [0.2, 0.25) is 5.91 Å². The summed E-state index contributed by atoms with van der Waals surface area (Å²) in [6.45, 7) is 0.380. The fraction of sp³-hybridized carbons (Fsp3) is 0.769. The van der Waals surface area contributed by atoms with Crippen molar-refractivity contribution in [1.82, 2.24) is 5.32 Å². The van der Waals surface area contributed by atoms with Crippen molar-refractivity contribution in [2.24, 2.45) is 11.7 Å². The Kier molecular flexibility index (Phi) is 3.84. The molecular weight excluding hydrogens is 216 g/mol. The van der Waals surface area contributed by atoms with Gasteiger partial charge in [0.1, 0.15) is 0 Å². The van der Waals surface area contributed by atoms with Crippen LogP contribution < -0.4 is 11.1 Å². The number of hydrogen-bond donors (Lipinski definition) is 3. The maximum atomic E-state index is 11.8. The summed E-state index contributed by atoms with van der Waals surface area (Å²) >= 11 is 0. The Balaban J connectivity index is 1.77. The van der Waals surface area contributed by atoms with E-state index in [-0.39, 0.29) is 17.9 Å². The van der Waals surface area contributed by atoms with E-state index in [0.717, 1.165) is 25.7 Å². The molecule has 0 radical (unpaired) electrons. The highest BCUT2D eigenvalue weighted by Crippen LogP contribution is 2.27. The second kappa shape index (κ2) is 5.19. The molecule has 2 rings (SSSR count). The van der Waals surface area contributed by atoms with Crippen LogP contribution in [0.3, 0.4) is 0 Å². The second-order valence-electron chi connectivity index (χ2n) is 5.39. The average Bonchev–Trinajstić information content (AvgIpc) is 2.74. The minimum atomic E-state index is -0.682. The molecule has 0 bridgehead atoms. The standard InChI is InChI=1S/C13H22N2O2/c14-11-5-4-10(8-11)12(16)15-9-13(17)6-2-1-3-7-13/h4-5,10-11,17H,1-3,6-9,14H2,(H,15,16). The Bertz CT molecular complexity index is 309. The minimum absolute atomic E-state index is 0.00326. The van der Waals surface area contributed by atoms with E-state index in [1.54, 1.807) is 0 Å². The van der Waals surface area contributed by atoms with Gasteiger partial charge in [-0.25, -0.2) is 0 Å². The molecule has 4 nitrogen and oxygen atoms in total. The van der Waals surface area contributed by atoms with Crippen molar-refractivity contribution in [1.29, 1.82) is 0 Å². The highest BCUT2D eigenvalue weighted by atomic mass is 16.3. The lowest BCUT2D eigenvalue weighted by Crippen LogP contribution is -2.45. The van der Waals surface area contributed by atoms with Crippen LogP contribution in [0, 0.1) is 5.92 Å². The van der Waals surface area contributed by atoms with Gasteiger partial charge >= 0.3 is 0 Å². The van der Waals surface area contributed by atoms with Crippen LogP contribution in [-0.2, 0) is 4.79 Å². The molecule has 0 aliphatic heterocycles. The summed E-state index contributed by atoms with van der Waals surface area (Å²) in [7, 11) is 0. The van der Waals surface area contributed by atoms with Crippen LogP contribution in [0.25, 0.3) is 0 Å². The normalized spacial score (nSPS) is 31.4. The summed E-state index contributed by atoms with van der Waals surface area (Å²) < 4.78 is 0. The molecule has 2 aliphatic rings. The molecule has 4 N–H and O–H groups in total. The molecule has 0 spiro atoms. The van der Waals surface area contributed by atoms with Crippen LogP contribution in [0.1, 0.15) is 38.5 Å². The van der Waals surface area contributed by atoms with Gasteiger partial charge < -0.3 is 16.2 Å². The van der Waals surface area contributed by atoms with Crippen molar-refractivity contribution >= 4 is 5.91 Å². The first kappa shape index (κ1) is 12.6. The van der Waals surface area contributed by atoms with Crippen LogP contribution in [0.15, 0.2) is 12.2 Å². The molecule has 0 saturated heterocycles. The molecule has 2 aliphatic carbocycles. The van der Waals surface area contributed by atoms with Gasteiger partial charge in [-0.3, -0.25) is 4.79 Å². The van der Waals surface area contributed by atoms with Crippen molar-refractivity contribution in [3.05, 3.63) is 12.2 Å². The quantitative estimate of drug-likeness (QED) is 0.634. The molecule has 17 heavy (non-hydrogen) atoms. The predicted molar refractivity (Wildman–Crippen MR) is 66.3 cm³/mol. The topological polar surface area (TPSA) is 75.4 Å². The minimum Gasteiger partial charge on any atom is -0.388 e. The Morgan fingerprint density at radius 2 is 2.06 bits per heavy atom. The number of aliphatic hydroxyl groups is 1. The lowest BCUT2D eigenvalue weighted by Gasteiger charge is -2.32. The number of carbonyl (C=O) groups is 1. The van der Waals surface area contributed by atoms with Gasteiger partial charge in [0.05, 0.1) is 11.5 Å². The maximum Gasteiger partial charge on any atom is 0.227 e. The van der Waals surface area contributed by atoms with Crippen molar-refractivity contribution < 1.29 is 9.90 Å². The lowest BCUT2D eigenvalue weighted by molar-refractivity contribution is -0.125. The Morgan fingerprint density at radius 3 is 2.65 bits per heavy atom. The summed E-state index contributed by atoms with van der Waals surface area (Å²) in [4.78, 5) is 11.8. The third-order valence-corrected chi connectivity index (χ3v) is 3.83. The van der Waals surface area contributed by atoms with Gasteiger partial charge in [-0.2, -0.15) is 0 Å². The van der Waals surface area contributed by atoms with Gasteiger partial charge in [0.15, 0.2) is 0 Å². The van der Waals surface area contributed by atoms with Crippen LogP contribution in [0.4, 0.5) is 0 Å². The average molecular weight is 238 g/mol. The van der Waals surface area contributed by atoms with Gasteiger partial charge in [-0.1, -0.05) is 31.4 Å². The monoisotopic (exact) mass is 238 g/mol. The van der Waals surface area contributed by atoms with Crippen molar-refractivity contribution in [2.45, 2.75) is 50.2 Å². The zero-order valence-corrected chi connectivity index (χ0v) is 10.2. The Morgan fingerprint density at radius 1 is 1.35 bits per heavy atom. The van der Waals surface area contributed by atoms with Gasteiger partial charge in [-0.05, 0) is 19.3 Å². The smallest absolute Gasteiger partial charge is 0.227 e. The van der Waals surface area contributed by atoms with Crippen molar-refractivity contribution in [3.8, 4) is 0 Å². The zero-order chi connectivity index (χ0) is 12.3. The van der Waals surface area contributed by atoms with E-state index >= 15 is 0 Å². The molecule has 0 aromatic heterocycles. The van der Waals surface area contributed by atoms with E-state index < -0.39 is 5.60 Å². The molecule has 1 fully saturated rings. The number of nitrogens with one attached hydrogen (secondary N) is 1. The first-order valence-electron chi connectivity index (χ1n) is 6.53.